The Morgan fingerprint density at radius 2 is 2.22 bits per heavy atom. The summed E-state index contributed by atoms with van der Waals surface area (Å²) in [6.07, 6.45) is 3.69. The third kappa shape index (κ3) is 2.76. The minimum atomic E-state index is -0.147. The van der Waals surface area contributed by atoms with Gasteiger partial charge in [-0.05, 0) is 41.8 Å². The maximum absolute atomic E-state index is 14.1. The monoisotopic (exact) mass is 314 g/mol. The van der Waals surface area contributed by atoms with Crippen molar-refractivity contribution in [2.75, 3.05) is 13.1 Å². The predicted molar refractivity (Wildman–Crippen MR) is 75.9 cm³/mol. The first-order chi connectivity index (χ1) is 8.65. The summed E-state index contributed by atoms with van der Waals surface area (Å²) in [6.45, 7) is 3.52. The number of nitrogens with zero attached hydrogens (tertiary/aromatic N) is 1. The van der Waals surface area contributed by atoms with Crippen LogP contribution in [-0.2, 0) is 0 Å². The summed E-state index contributed by atoms with van der Waals surface area (Å²) in [5, 5.41) is 0. The van der Waals surface area contributed by atoms with E-state index in [0.29, 0.717) is 17.1 Å². The molecule has 0 bridgehead atoms. The molecule has 1 aromatic rings. The molecule has 0 radical (unpaired) electrons. The van der Waals surface area contributed by atoms with E-state index >= 15 is 0 Å². The van der Waals surface area contributed by atoms with Gasteiger partial charge in [0.25, 0.3) is 0 Å². The summed E-state index contributed by atoms with van der Waals surface area (Å²) in [4.78, 5) is 2.34. The van der Waals surface area contributed by atoms with Gasteiger partial charge in [-0.25, -0.2) is 4.39 Å². The molecule has 1 saturated carbocycles. The van der Waals surface area contributed by atoms with Crippen molar-refractivity contribution < 1.29 is 4.39 Å². The quantitative estimate of drug-likeness (QED) is 0.901. The molecule has 2 rings (SSSR count). The minimum Gasteiger partial charge on any atom is -0.329 e. The molecule has 0 amide bonds. The summed E-state index contributed by atoms with van der Waals surface area (Å²) in [5.74, 6) is -0.147. The lowest BCUT2D eigenvalue weighted by Gasteiger charge is -2.41. The summed E-state index contributed by atoms with van der Waals surface area (Å²) >= 11 is 3.25. The van der Waals surface area contributed by atoms with Crippen LogP contribution >= 0.6 is 15.9 Å². The smallest absolute Gasteiger partial charge is 0.142 e. The third-order valence-electron chi connectivity index (χ3n) is 3.86. The molecule has 0 heterocycles. The summed E-state index contributed by atoms with van der Waals surface area (Å²) in [5.41, 5.74) is 6.44. The molecule has 1 unspecified atom stereocenters. The first-order valence-electron chi connectivity index (χ1n) is 6.55. The molecule has 100 valence electrons. The van der Waals surface area contributed by atoms with Crippen LogP contribution in [0.5, 0.6) is 0 Å². The average molecular weight is 315 g/mol. The van der Waals surface area contributed by atoms with Gasteiger partial charge in [0, 0.05) is 30.7 Å². The summed E-state index contributed by atoms with van der Waals surface area (Å²) in [6, 6.07) is 6.15. The number of benzene rings is 1. The summed E-state index contributed by atoms with van der Waals surface area (Å²) in [7, 11) is 0. The van der Waals surface area contributed by atoms with Crippen molar-refractivity contribution in [2.45, 2.75) is 38.3 Å². The van der Waals surface area contributed by atoms with Crippen LogP contribution in [0.15, 0.2) is 22.7 Å². The third-order valence-corrected chi connectivity index (χ3v) is 4.47. The zero-order valence-electron chi connectivity index (χ0n) is 10.7. The van der Waals surface area contributed by atoms with E-state index in [0.717, 1.165) is 12.1 Å². The van der Waals surface area contributed by atoms with Crippen molar-refractivity contribution >= 4 is 15.9 Å². The van der Waals surface area contributed by atoms with Crippen LogP contribution in [-0.4, -0.2) is 24.0 Å². The molecule has 0 aliphatic heterocycles. The van der Waals surface area contributed by atoms with Crippen LogP contribution in [0.25, 0.3) is 0 Å². The molecule has 1 fully saturated rings. The Morgan fingerprint density at radius 1 is 1.50 bits per heavy atom. The van der Waals surface area contributed by atoms with E-state index < -0.39 is 0 Å². The summed E-state index contributed by atoms with van der Waals surface area (Å²) < 4.78 is 14.7. The highest BCUT2D eigenvalue weighted by atomic mass is 79.9. The van der Waals surface area contributed by atoms with Gasteiger partial charge in [0.15, 0.2) is 0 Å². The van der Waals surface area contributed by atoms with E-state index in [-0.39, 0.29) is 11.9 Å². The molecular formula is C14H20BrFN2. The molecule has 1 aromatic carbocycles. The second kappa shape index (κ2) is 6.13. The Balaban J connectivity index is 2.21. The Morgan fingerprint density at radius 3 is 2.78 bits per heavy atom. The fraction of sp³-hybridized carbons (Fsp3) is 0.571. The lowest BCUT2D eigenvalue weighted by atomic mass is 9.89. The molecule has 2 N–H and O–H groups in total. The van der Waals surface area contributed by atoms with E-state index in [9.17, 15) is 4.39 Å². The van der Waals surface area contributed by atoms with E-state index in [4.69, 9.17) is 5.73 Å². The Kier molecular flexibility index (Phi) is 4.76. The minimum absolute atomic E-state index is 0.0800. The number of rotatable bonds is 5. The predicted octanol–water partition coefficient (Wildman–Crippen LogP) is 3.46. The largest absolute Gasteiger partial charge is 0.329 e. The molecule has 1 aliphatic rings. The fourth-order valence-corrected chi connectivity index (χ4v) is 2.96. The molecular weight excluding hydrogens is 295 g/mol. The zero-order chi connectivity index (χ0) is 13.1. The van der Waals surface area contributed by atoms with Gasteiger partial charge in [-0.15, -0.1) is 0 Å². The highest BCUT2D eigenvalue weighted by Gasteiger charge is 2.29. The van der Waals surface area contributed by atoms with Gasteiger partial charge in [-0.3, -0.25) is 4.90 Å². The number of hydrogen-bond donors (Lipinski definition) is 1. The van der Waals surface area contributed by atoms with Gasteiger partial charge in [-0.1, -0.05) is 18.6 Å². The molecule has 18 heavy (non-hydrogen) atoms. The first kappa shape index (κ1) is 14.0. The van der Waals surface area contributed by atoms with Gasteiger partial charge < -0.3 is 5.73 Å². The van der Waals surface area contributed by atoms with E-state index in [2.05, 4.69) is 27.8 Å². The van der Waals surface area contributed by atoms with Gasteiger partial charge in [0.1, 0.15) is 5.82 Å². The molecule has 0 spiro atoms. The van der Waals surface area contributed by atoms with E-state index in [1.54, 1.807) is 6.07 Å². The number of nitrogens with two attached hydrogens (primary N) is 1. The van der Waals surface area contributed by atoms with Gasteiger partial charge in [0.05, 0.1) is 4.47 Å². The lowest BCUT2D eigenvalue weighted by molar-refractivity contribution is 0.0884. The van der Waals surface area contributed by atoms with Crippen LogP contribution in [0, 0.1) is 5.82 Å². The van der Waals surface area contributed by atoms with Crippen molar-refractivity contribution in [3.05, 3.63) is 34.1 Å². The van der Waals surface area contributed by atoms with Gasteiger partial charge >= 0.3 is 0 Å². The van der Waals surface area contributed by atoms with Crippen LogP contribution in [0.1, 0.15) is 37.8 Å². The Hall–Kier alpha value is -0.450. The fourth-order valence-electron chi connectivity index (χ4n) is 2.58. The number of halogens is 2. The molecule has 0 aromatic heterocycles. The van der Waals surface area contributed by atoms with Crippen molar-refractivity contribution in [1.29, 1.82) is 0 Å². The van der Waals surface area contributed by atoms with Crippen molar-refractivity contribution in [3.63, 3.8) is 0 Å². The van der Waals surface area contributed by atoms with E-state index in [1.165, 1.54) is 19.3 Å². The zero-order valence-corrected chi connectivity index (χ0v) is 12.3. The maximum Gasteiger partial charge on any atom is 0.142 e. The Labute approximate surface area is 116 Å². The standard InChI is InChI=1S/C14H20BrFN2/c1-10(12-6-3-7-13(15)14(12)16)18(9-8-17)11-4-2-5-11/h3,6-7,10-11H,2,4-5,8-9,17H2,1H3. The van der Waals surface area contributed by atoms with Crippen molar-refractivity contribution in [1.82, 2.24) is 4.90 Å². The maximum atomic E-state index is 14.1. The van der Waals surface area contributed by atoms with Crippen molar-refractivity contribution in [3.8, 4) is 0 Å². The van der Waals surface area contributed by atoms with Crippen LogP contribution < -0.4 is 5.73 Å². The highest BCUT2D eigenvalue weighted by molar-refractivity contribution is 9.10. The number of hydrogen-bond acceptors (Lipinski definition) is 2. The topological polar surface area (TPSA) is 29.3 Å². The molecule has 1 atom stereocenters. The van der Waals surface area contributed by atoms with Gasteiger partial charge in [0.2, 0.25) is 0 Å². The lowest BCUT2D eigenvalue weighted by Crippen LogP contribution is -2.44. The first-order valence-corrected chi connectivity index (χ1v) is 7.34. The van der Waals surface area contributed by atoms with Gasteiger partial charge in [-0.2, -0.15) is 0 Å². The highest BCUT2D eigenvalue weighted by Crippen LogP contribution is 2.34. The molecule has 1 aliphatic carbocycles. The molecule has 2 nitrogen and oxygen atoms in total. The molecule has 4 heteroatoms. The Bertz CT molecular complexity index is 407. The normalized spacial score (nSPS) is 17.8. The second-order valence-electron chi connectivity index (χ2n) is 4.93. The van der Waals surface area contributed by atoms with Crippen LogP contribution in [0.3, 0.4) is 0 Å². The van der Waals surface area contributed by atoms with E-state index in [1.807, 2.05) is 12.1 Å². The second-order valence-corrected chi connectivity index (χ2v) is 5.78. The average Bonchev–Trinajstić information content (AvgIpc) is 2.29. The van der Waals surface area contributed by atoms with Crippen LogP contribution in [0.2, 0.25) is 0 Å². The SMILES string of the molecule is CC(c1cccc(Br)c1F)N(CCN)C1CCC1. The van der Waals surface area contributed by atoms with Crippen molar-refractivity contribution in [2.24, 2.45) is 5.73 Å². The van der Waals surface area contributed by atoms with Crippen LogP contribution in [0.4, 0.5) is 4.39 Å². The molecule has 0 saturated heterocycles.